The maximum absolute atomic E-state index is 13.7. The van der Waals surface area contributed by atoms with E-state index in [1.165, 1.54) is 30.3 Å². The van der Waals surface area contributed by atoms with Gasteiger partial charge in [0.2, 0.25) is 16.0 Å². The molecule has 5 heterocycles. The molecular weight excluding hydrogens is 616 g/mol. The predicted molar refractivity (Wildman–Crippen MR) is 175 cm³/mol. The number of pyridine rings is 1. The van der Waals surface area contributed by atoms with Gasteiger partial charge in [0.25, 0.3) is 11.5 Å². The van der Waals surface area contributed by atoms with E-state index >= 15 is 0 Å². The van der Waals surface area contributed by atoms with Crippen LogP contribution in [-0.4, -0.2) is 58.0 Å². The molecule has 2 aliphatic heterocycles. The van der Waals surface area contributed by atoms with Crippen molar-refractivity contribution in [1.82, 2.24) is 29.0 Å². The number of hydrogen-bond acceptors (Lipinski definition) is 9. The molecule has 0 radical (unpaired) electrons. The van der Waals surface area contributed by atoms with E-state index < -0.39 is 22.0 Å². The third kappa shape index (κ3) is 6.41. The van der Waals surface area contributed by atoms with E-state index in [4.69, 9.17) is 21.7 Å². The van der Waals surface area contributed by atoms with Crippen molar-refractivity contribution in [2.24, 2.45) is 7.05 Å². The molecule has 3 aromatic heterocycles. The Labute approximate surface area is 266 Å². The molecular formula is C31H37ClN8O4S. The smallest absolute Gasteiger partial charge is 0.285 e. The monoisotopic (exact) mass is 652 g/mol. The summed E-state index contributed by atoms with van der Waals surface area (Å²) in [6.45, 7) is 6.30. The van der Waals surface area contributed by atoms with Crippen LogP contribution in [0.5, 0.6) is 0 Å². The first-order valence-corrected chi connectivity index (χ1v) is 17.4. The highest BCUT2D eigenvalue weighted by molar-refractivity contribution is 7.89. The zero-order chi connectivity index (χ0) is 32.0. The zero-order valence-corrected chi connectivity index (χ0v) is 27.4. The summed E-state index contributed by atoms with van der Waals surface area (Å²) < 4.78 is 29.2. The Hall–Kier alpha value is -3.97. The van der Waals surface area contributed by atoms with Crippen molar-refractivity contribution >= 4 is 50.1 Å². The van der Waals surface area contributed by atoms with Crippen LogP contribution in [0.15, 0.2) is 35.1 Å². The highest BCUT2D eigenvalue weighted by Gasteiger charge is 2.28. The highest BCUT2D eigenvalue weighted by Crippen LogP contribution is 2.33. The fourth-order valence-corrected chi connectivity index (χ4v) is 7.00. The lowest BCUT2D eigenvalue weighted by Gasteiger charge is -2.33. The van der Waals surface area contributed by atoms with Crippen molar-refractivity contribution in [2.45, 2.75) is 64.5 Å². The molecule has 0 spiro atoms. The highest BCUT2D eigenvalue weighted by atomic mass is 35.5. The van der Waals surface area contributed by atoms with E-state index in [1.54, 1.807) is 17.7 Å². The van der Waals surface area contributed by atoms with Crippen LogP contribution in [0.4, 0.5) is 11.6 Å². The van der Waals surface area contributed by atoms with Crippen LogP contribution in [0.3, 0.4) is 0 Å². The number of piperidine rings is 1. The second-order valence-electron chi connectivity index (χ2n) is 12.1. The number of anilines is 2. The summed E-state index contributed by atoms with van der Waals surface area (Å²) in [6, 6.07) is 8.72. The van der Waals surface area contributed by atoms with E-state index in [1.807, 2.05) is 30.7 Å². The fourth-order valence-electron chi connectivity index (χ4n) is 6.42. The summed E-state index contributed by atoms with van der Waals surface area (Å²) in [6.07, 6.45) is 6.22. The maximum Gasteiger partial charge on any atom is 0.285 e. The summed E-state index contributed by atoms with van der Waals surface area (Å²) in [5, 5.41) is 8.71. The summed E-state index contributed by atoms with van der Waals surface area (Å²) in [5.74, 6) is 0.0762. The molecule has 0 aliphatic carbocycles. The number of amides is 1. The molecule has 4 aromatic rings. The predicted octanol–water partition coefficient (Wildman–Crippen LogP) is 4.07. The molecule has 2 aliphatic rings. The molecule has 238 valence electrons. The van der Waals surface area contributed by atoms with Gasteiger partial charge in [0.05, 0.1) is 34.6 Å². The molecule has 1 aromatic carbocycles. The number of carbonyl (C=O) groups excluding carboxylic acids is 1. The molecule has 14 heteroatoms. The van der Waals surface area contributed by atoms with Gasteiger partial charge >= 0.3 is 0 Å². The van der Waals surface area contributed by atoms with Gasteiger partial charge in [-0.25, -0.2) is 23.1 Å². The van der Waals surface area contributed by atoms with Gasteiger partial charge in [0.15, 0.2) is 5.69 Å². The summed E-state index contributed by atoms with van der Waals surface area (Å²) in [5.41, 5.74) is 4.69. The minimum Gasteiger partial charge on any atom is -0.377 e. The van der Waals surface area contributed by atoms with Crippen molar-refractivity contribution < 1.29 is 13.2 Å². The molecule has 1 amide bonds. The van der Waals surface area contributed by atoms with Gasteiger partial charge in [-0.3, -0.25) is 18.8 Å². The van der Waals surface area contributed by atoms with Crippen LogP contribution in [0.2, 0.25) is 5.15 Å². The Balaban J connectivity index is 1.30. The SMILES string of the molecule is Cc1cc([C@@H](C)Nc2ccc(Cl)nc2C(=O)NS(C)(=O)=O)c2nc(N3CCC(c4cc5n(n4)CCCC5)CC3)n(C)c(=O)c2c1. The van der Waals surface area contributed by atoms with Crippen LogP contribution in [0, 0.1) is 6.92 Å². The van der Waals surface area contributed by atoms with Crippen LogP contribution < -0.4 is 20.5 Å². The first kappa shape index (κ1) is 31.0. The average Bonchev–Trinajstić information content (AvgIpc) is 3.43. The number of aryl methyl sites for hydroxylation is 3. The molecule has 45 heavy (non-hydrogen) atoms. The Bertz CT molecular complexity index is 1940. The molecule has 1 atom stereocenters. The lowest BCUT2D eigenvalue weighted by Crippen LogP contribution is -2.38. The van der Waals surface area contributed by atoms with Gasteiger partial charge in [0.1, 0.15) is 5.15 Å². The van der Waals surface area contributed by atoms with Crippen LogP contribution in [-0.2, 0) is 30.0 Å². The number of nitrogens with zero attached hydrogens (tertiary/aromatic N) is 6. The van der Waals surface area contributed by atoms with E-state index in [0.717, 1.165) is 56.3 Å². The minimum absolute atomic E-state index is 0.0407. The van der Waals surface area contributed by atoms with Crippen molar-refractivity contribution in [1.29, 1.82) is 0 Å². The second-order valence-corrected chi connectivity index (χ2v) is 14.3. The number of sulfonamides is 1. The van der Waals surface area contributed by atoms with Gasteiger partial charge in [-0.1, -0.05) is 17.7 Å². The number of fused-ring (bicyclic) bond motifs is 2. The topological polar surface area (TPSA) is 144 Å². The first-order chi connectivity index (χ1) is 21.4. The number of aromatic nitrogens is 5. The van der Waals surface area contributed by atoms with Gasteiger partial charge in [0, 0.05) is 43.9 Å². The van der Waals surface area contributed by atoms with Crippen LogP contribution >= 0.6 is 11.6 Å². The van der Waals surface area contributed by atoms with E-state index in [-0.39, 0.29) is 22.1 Å². The number of carbonyl (C=O) groups is 1. The van der Waals surface area contributed by atoms with E-state index in [0.29, 0.717) is 22.8 Å². The minimum atomic E-state index is -3.83. The number of hydrogen-bond donors (Lipinski definition) is 2. The summed E-state index contributed by atoms with van der Waals surface area (Å²) in [4.78, 5) is 37.8. The first-order valence-electron chi connectivity index (χ1n) is 15.2. The molecule has 1 fully saturated rings. The molecule has 6 rings (SSSR count). The molecule has 1 saturated heterocycles. The van der Waals surface area contributed by atoms with Crippen LogP contribution in [0.25, 0.3) is 10.9 Å². The third-order valence-corrected chi connectivity index (χ3v) is 9.42. The van der Waals surface area contributed by atoms with Crippen LogP contribution in [0.1, 0.15) is 77.6 Å². The van der Waals surface area contributed by atoms with Crippen molar-refractivity contribution in [2.75, 3.05) is 29.6 Å². The summed E-state index contributed by atoms with van der Waals surface area (Å²) in [7, 11) is -2.07. The number of halogens is 1. The number of nitrogens with one attached hydrogen (secondary N) is 2. The van der Waals surface area contributed by atoms with E-state index in [2.05, 4.69) is 25.9 Å². The Kier molecular flexibility index (Phi) is 8.33. The largest absolute Gasteiger partial charge is 0.377 e. The molecule has 2 N–H and O–H groups in total. The zero-order valence-electron chi connectivity index (χ0n) is 25.8. The molecule has 0 saturated carbocycles. The van der Waals surface area contributed by atoms with Crippen molar-refractivity contribution in [3.63, 3.8) is 0 Å². The van der Waals surface area contributed by atoms with Crippen molar-refractivity contribution in [3.05, 3.63) is 74.0 Å². The van der Waals surface area contributed by atoms with Gasteiger partial charge in [-0.05, 0) is 75.8 Å². The average molecular weight is 653 g/mol. The lowest BCUT2D eigenvalue weighted by molar-refractivity contribution is 0.0977. The molecule has 0 unspecified atom stereocenters. The second kappa shape index (κ2) is 12.1. The lowest BCUT2D eigenvalue weighted by atomic mass is 9.93. The normalized spacial score (nSPS) is 16.4. The van der Waals surface area contributed by atoms with E-state index in [9.17, 15) is 18.0 Å². The molecule has 12 nitrogen and oxygen atoms in total. The Morgan fingerprint density at radius 2 is 1.84 bits per heavy atom. The number of rotatable bonds is 7. The van der Waals surface area contributed by atoms with Gasteiger partial charge in [-0.2, -0.15) is 5.10 Å². The molecule has 0 bridgehead atoms. The van der Waals surface area contributed by atoms with Gasteiger partial charge < -0.3 is 10.2 Å². The van der Waals surface area contributed by atoms with Gasteiger partial charge in [-0.15, -0.1) is 0 Å². The third-order valence-electron chi connectivity index (χ3n) is 8.65. The fraction of sp³-hybridized carbons (Fsp3) is 0.452. The van der Waals surface area contributed by atoms with Crippen molar-refractivity contribution in [3.8, 4) is 0 Å². The Morgan fingerprint density at radius 3 is 2.56 bits per heavy atom. The quantitative estimate of drug-likeness (QED) is 0.282. The maximum atomic E-state index is 13.7. The Morgan fingerprint density at radius 1 is 1.09 bits per heavy atom. The number of benzene rings is 1. The standard InChI is InChI=1S/C31H37ClN8O4S/c1-18-15-22(19(2)33-24-8-9-26(32)34-28(24)29(41)37-45(4,43)44)27-23(16-18)30(42)38(3)31(35-27)39-13-10-20(11-14-39)25-17-21-7-5-6-12-40(21)36-25/h8-9,15-17,19-20,33H,5-7,10-14H2,1-4H3,(H,37,41)/t19-/m1/s1. The summed E-state index contributed by atoms with van der Waals surface area (Å²) >= 11 is 6.05.